The Bertz CT molecular complexity index is 1660. The van der Waals surface area contributed by atoms with Crippen LogP contribution in [0.2, 0.25) is 0 Å². The van der Waals surface area contributed by atoms with Gasteiger partial charge in [0.2, 0.25) is 41.4 Å². The van der Waals surface area contributed by atoms with E-state index in [1.807, 2.05) is 0 Å². The standard InChI is InChI=1S/C35H51N9O14/c36-11-5-4-9-20(35(57)58)39-32(54)23(16-28(49)50)41-31(53)22(15-26(38)46)42-33(55)25-10-6-12-44(25)34(56)24(17-45)43-30(52)21(13-18-7-2-1-3-8-18)40-29(51)19(37)14-27(47)48/h1-3,7-8,19-25,45H,4-6,9-17,36-37H2,(H2,38,46)(H,39,54)(H,40,51)(H,41,53)(H,42,55)(H,43,52)(H,47,48)(H,49,50)(H,57,58)/t19-,20-,21-,22-,23-,24-,25-/m0/s1. The van der Waals surface area contributed by atoms with Gasteiger partial charge in [0.1, 0.15) is 36.3 Å². The Labute approximate surface area is 331 Å². The van der Waals surface area contributed by atoms with Gasteiger partial charge in [-0.05, 0) is 44.2 Å². The Balaban J connectivity index is 2.24. The number of aliphatic hydroxyl groups excluding tert-OH is 1. The summed E-state index contributed by atoms with van der Waals surface area (Å²) in [5, 5.41) is 49.3. The zero-order valence-electron chi connectivity index (χ0n) is 31.5. The fraction of sp³-hybridized carbons (Fsp3) is 0.543. The fourth-order valence-electron chi connectivity index (χ4n) is 5.94. The number of nitrogens with zero attached hydrogens (tertiary/aromatic N) is 1. The first kappa shape index (κ1) is 48.0. The van der Waals surface area contributed by atoms with Gasteiger partial charge in [0.25, 0.3) is 0 Å². The highest BCUT2D eigenvalue weighted by Gasteiger charge is 2.40. The van der Waals surface area contributed by atoms with Crippen LogP contribution in [0.4, 0.5) is 0 Å². The molecule has 7 atom stereocenters. The van der Waals surface area contributed by atoms with Gasteiger partial charge in [-0.25, -0.2) is 4.79 Å². The second-order valence-electron chi connectivity index (χ2n) is 13.5. The molecule has 23 heteroatoms. The number of carboxylic acid groups (broad SMARTS) is 3. The largest absolute Gasteiger partial charge is 0.481 e. The molecule has 1 aliphatic rings. The van der Waals surface area contributed by atoms with E-state index in [4.69, 9.17) is 22.3 Å². The van der Waals surface area contributed by atoms with Crippen molar-refractivity contribution in [2.75, 3.05) is 19.7 Å². The number of aliphatic carboxylic acids is 3. The molecule has 0 unspecified atom stereocenters. The van der Waals surface area contributed by atoms with E-state index in [9.17, 15) is 63.3 Å². The van der Waals surface area contributed by atoms with Crippen molar-refractivity contribution < 1.29 is 68.4 Å². The smallest absolute Gasteiger partial charge is 0.326 e. The normalized spacial score (nSPS) is 16.6. The number of unbranched alkanes of at least 4 members (excludes halogenated alkanes) is 1. The van der Waals surface area contributed by atoms with Crippen molar-refractivity contribution in [2.45, 2.75) is 100 Å². The van der Waals surface area contributed by atoms with E-state index < -0.39 is 127 Å². The highest BCUT2D eigenvalue weighted by molar-refractivity contribution is 5.99. The number of rotatable bonds is 25. The third-order valence-corrected chi connectivity index (χ3v) is 8.89. The summed E-state index contributed by atoms with van der Waals surface area (Å²) < 4.78 is 0. The summed E-state index contributed by atoms with van der Waals surface area (Å²) in [5.41, 5.74) is 17.0. The van der Waals surface area contributed by atoms with Crippen molar-refractivity contribution in [1.82, 2.24) is 31.5 Å². The molecule has 15 N–H and O–H groups in total. The van der Waals surface area contributed by atoms with Crippen LogP contribution in [0.1, 0.15) is 56.9 Å². The lowest BCUT2D eigenvalue weighted by atomic mass is 10.0. The molecule has 1 fully saturated rings. The Hall–Kier alpha value is -6.20. The maximum atomic E-state index is 13.7. The molecule has 1 aromatic rings. The number of hydrogen-bond acceptors (Lipinski definition) is 13. The van der Waals surface area contributed by atoms with Crippen LogP contribution in [0.25, 0.3) is 0 Å². The molecule has 0 bridgehead atoms. The number of primary amides is 1. The third kappa shape index (κ3) is 15.7. The van der Waals surface area contributed by atoms with Gasteiger partial charge < -0.3 is 69.1 Å². The first-order chi connectivity index (χ1) is 27.4. The van der Waals surface area contributed by atoms with E-state index in [2.05, 4.69) is 26.6 Å². The lowest BCUT2D eigenvalue weighted by molar-refractivity contribution is -0.144. The van der Waals surface area contributed by atoms with Gasteiger partial charge in [-0.1, -0.05) is 30.3 Å². The van der Waals surface area contributed by atoms with Crippen molar-refractivity contribution in [2.24, 2.45) is 17.2 Å². The van der Waals surface area contributed by atoms with Gasteiger partial charge in [0, 0.05) is 13.0 Å². The van der Waals surface area contributed by atoms with E-state index in [1.165, 1.54) is 0 Å². The molecule has 58 heavy (non-hydrogen) atoms. The quantitative estimate of drug-likeness (QED) is 0.0411. The Morgan fingerprint density at radius 2 is 1.26 bits per heavy atom. The minimum Gasteiger partial charge on any atom is -0.481 e. The molecule has 1 heterocycles. The van der Waals surface area contributed by atoms with Crippen LogP contribution in [0, 0.1) is 0 Å². The minimum absolute atomic E-state index is 0.00745. The average Bonchev–Trinajstić information content (AvgIpc) is 3.65. The van der Waals surface area contributed by atoms with Crippen LogP contribution in [0.5, 0.6) is 0 Å². The van der Waals surface area contributed by atoms with E-state index in [0.717, 1.165) is 4.90 Å². The fourth-order valence-corrected chi connectivity index (χ4v) is 5.94. The third-order valence-electron chi connectivity index (χ3n) is 8.89. The molecule has 0 spiro atoms. The maximum Gasteiger partial charge on any atom is 0.326 e. The second-order valence-corrected chi connectivity index (χ2v) is 13.5. The molecule has 23 nitrogen and oxygen atoms in total. The van der Waals surface area contributed by atoms with E-state index >= 15 is 0 Å². The van der Waals surface area contributed by atoms with Gasteiger partial charge in [0.05, 0.1) is 31.9 Å². The highest BCUT2D eigenvalue weighted by Crippen LogP contribution is 2.19. The number of nitrogens with one attached hydrogen (secondary N) is 5. The predicted octanol–water partition coefficient (Wildman–Crippen LogP) is -5.00. The monoisotopic (exact) mass is 821 g/mol. The summed E-state index contributed by atoms with van der Waals surface area (Å²) in [7, 11) is 0. The van der Waals surface area contributed by atoms with Crippen molar-refractivity contribution in [3.63, 3.8) is 0 Å². The van der Waals surface area contributed by atoms with Gasteiger partial charge in [-0.15, -0.1) is 0 Å². The first-order valence-corrected chi connectivity index (χ1v) is 18.3. The van der Waals surface area contributed by atoms with Gasteiger partial charge in [-0.2, -0.15) is 0 Å². The van der Waals surface area contributed by atoms with Crippen LogP contribution in [-0.2, 0) is 54.4 Å². The van der Waals surface area contributed by atoms with Crippen LogP contribution >= 0.6 is 0 Å². The first-order valence-electron chi connectivity index (χ1n) is 18.3. The number of carbonyl (C=O) groups is 10. The number of likely N-dealkylation sites (tertiary alicyclic amines) is 1. The Kier molecular flexibility index (Phi) is 19.7. The predicted molar refractivity (Wildman–Crippen MR) is 198 cm³/mol. The van der Waals surface area contributed by atoms with Crippen molar-refractivity contribution in [1.29, 1.82) is 0 Å². The number of benzene rings is 1. The molecule has 320 valence electrons. The van der Waals surface area contributed by atoms with Gasteiger partial charge in [0.15, 0.2) is 0 Å². The molecule has 0 aromatic heterocycles. The lowest BCUT2D eigenvalue weighted by Crippen LogP contribution is -2.60. The van der Waals surface area contributed by atoms with Crippen LogP contribution in [0.3, 0.4) is 0 Å². The Morgan fingerprint density at radius 1 is 0.707 bits per heavy atom. The summed E-state index contributed by atoms with van der Waals surface area (Å²) in [4.78, 5) is 127. The SMILES string of the molecule is NCCCC[C@H](NC(=O)[C@H](CC(=O)O)NC(=O)[C@H](CC(N)=O)NC(=O)[C@@H]1CCCN1C(=O)[C@H](CO)NC(=O)[C@H](Cc1ccccc1)NC(=O)[C@@H](N)CC(=O)O)C(=O)O. The van der Waals surface area contributed by atoms with Crippen LogP contribution < -0.4 is 43.8 Å². The van der Waals surface area contributed by atoms with E-state index in [-0.39, 0.29) is 38.8 Å². The maximum absolute atomic E-state index is 13.7. The number of nitrogens with two attached hydrogens (primary N) is 3. The number of aliphatic hydroxyl groups is 1. The number of amides is 7. The summed E-state index contributed by atoms with van der Waals surface area (Å²) in [6.45, 7) is -0.794. The molecular weight excluding hydrogens is 770 g/mol. The summed E-state index contributed by atoms with van der Waals surface area (Å²) >= 11 is 0. The lowest BCUT2D eigenvalue weighted by Gasteiger charge is -2.30. The van der Waals surface area contributed by atoms with Gasteiger partial charge >= 0.3 is 17.9 Å². The molecule has 0 radical (unpaired) electrons. The molecule has 2 rings (SSSR count). The zero-order chi connectivity index (χ0) is 43.5. The van der Waals surface area contributed by atoms with E-state index in [1.54, 1.807) is 30.3 Å². The topological polar surface area (TPSA) is 393 Å². The highest BCUT2D eigenvalue weighted by atomic mass is 16.4. The van der Waals surface area contributed by atoms with Crippen molar-refractivity contribution in [3.05, 3.63) is 35.9 Å². The van der Waals surface area contributed by atoms with Crippen molar-refractivity contribution in [3.8, 4) is 0 Å². The summed E-state index contributed by atoms with van der Waals surface area (Å²) in [5.74, 6) is -11.8. The molecule has 1 aromatic carbocycles. The van der Waals surface area contributed by atoms with Crippen LogP contribution in [0.15, 0.2) is 30.3 Å². The van der Waals surface area contributed by atoms with Gasteiger partial charge in [-0.3, -0.25) is 43.2 Å². The number of carboxylic acids is 3. The summed E-state index contributed by atoms with van der Waals surface area (Å²) in [6.07, 6.45) is -1.83. The summed E-state index contributed by atoms with van der Waals surface area (Å²) in [6, 6.07) is -2.77. The minimum atomic E-state index is -1.87. The molecule has 1 saturated heterocycles. The average molecular weight is 822 g/mol. The van der Waals surface area contributed by atoms with Crippen LogP contribution in [-0.4, -0.2) is 147 Å². The molecular formula is C35H51N9O14. The van der Waals surface area contributed by atoms with Crippen molar-refractivity contribution >= 4 is 59.3 Å². The number of carbonyl (C=O) groups excluding carboxylic acids is 7. The molecule has 1 aliphatic heterocycles. The molecule has 0 saturated carbocycles. The molecule has 0 aliphatic carbocycles. The molecule has 7 amide bonds. The van der Waals surface area contributed by atoms with E-state index in [0.29, 0.717) is 18.4 Å². The second kappa shape index (κ2) is 23.8. The zero-order valence-corrected chi connectivity index (χ0v) is 31.5. The Morgan fingerprint density at radius 3 is 1.81 bits per heavy atom. The number of hydrogen-bond donors (Lipinski definition) is 12.